The minimum atomic E-state index is -0.0439. The second-order valence-electron chi connectivity index (χ2n) is 4.55. The Balaban J connectivity index is 1.93. The number of hydrogen-bond acceptors (Lipinski definition) is 6. The number of rotatable bonds is 6. The van der Waals surface area contributed by atoms with Gasteiger partial charge in [0.05, 0.1) is 6.10 Å². The number of aromatic nitrogens is 3. The summed E-state index contributed by atoms with van der Waals surface area (Å²) in [6, 6.07) is 10.2. The fraction of sp³-hybridized carbons (Fsp3) is 0.267. The lowest BCUT2D eigenvalue weighted by Gasteiger charge is -2.08. The number of nitrogens with two attached hydrogens (primary N) is 1. The molecule has 0 aliphatic heterocycles. The molecule has 1 aromatic heterocycles. The van der Waals surface area contributed by atoms with E-state index in [0.717, 1.165) is 5.56 Å². The summed E-state index contributed by atoms with van der Waals surface area (Å²) in [5, 5.41) is 0. The van der Waals surface area contributed by atoms with Crippen LogP contribution in [-0.4, -0.2) is 27.7 Å². The highest BCUT2D eigenvalue weighted by atomic mass is 16.5. The van der Waals surface area contributed by atoms with Crippen molar-refractivity contribution in [3.8, 4) is 12.0 Å². The van der Waals surface area contributed by atoms with Crippen LogP contribution in [0.3, 0.4) is 0 Å². The highest BCUT2D eigenvalue weighted by Gasteiger charge is 2.07. The Morgan fingerprint density at radius 2 is 1.81 bits per heavy atom. The molecule has 6 nitrogen and oxygen atoms in total. The Morgan fingerprint density at radius 3 is 2.52 bits per heavy atom. The maximum atomic E-state index is 5.59. The van der Waals surface area contributed by atoms with Crippen molar-refractivity contribution in [2.75, 3.05) is 12.3 Å². The van der Waals surface area contributed by atoms with Crippen molar-refractivity contribution in [1.82, 2.24) is 15.0 Å². The molecule has 0 unspecified atom stereocenters. The number of ether oxygens (including phenoxy) is 2. The molecule has 0 atom stereocenters. The molecule has 6 heteroatoms. The molecule has 1 aromatic carbocycles. The van der Waals surface area contributed by atoms with E-state index in [2.05, 4.69) is 15.0 Å². The molecule has 0 aliphatic carbocycles. The first-order chi connectivity index (χ1) is 10.1. The van der Waals surface area contributed by atoms with Crippen molar-refractivity contribution in [2.45, 2.75) is 20.0 Å². The van der Waals surface area contributed by atoms with E-state index in [1.165, 1.54) is 0 Å². The van der Waals surface area contributed by atoms with Crippen LogP contribution in [0.4, 0.5) is 5.95 Å². The van der Waals surface area contributed by atoms with Gasteiger partial charge in [0.1, 0.15) is 6.61 Å². The van der Waals surface area contributed by atoms with Crippen molar-refractivity contribution >= 4 is 12.0 Å². The van der Waals surface area contributed by atoms with Crippen LogP contribution < -0.4 is 15.2 Å². The fourth-order valence-corrected chi connectivity index (χ4v) is 1.55. The largest absolute Gasteiger partial charge is 0.461 e. The van der Waals surface area contributed by atoms with Gasteiger partial charge in [-0.1, -0.05) is 36.4 Å². The highest BCUT2D eigenvalue weighted by Crippen LogP contribution is 2.12. The van der Waals surface area contributed by atoms with E-state index >= 15 is 0 Å². The normalized spacial score (nSPS) is 11.0. The van der Waals surface area contributed by atoms with E-state index in [9.17, 15) is 0 Å². The zero-order valence-electron chi connectivity index (χ0n) is 12.1. The van der Waals surface area contributed by atoms with Gasteiger partial charge in [-0.3, -0.25) is 0 Å². The molecule has 0 saturated heterocycles. The van der Waals surface area contributed by atoms with Crippen LogP contribution in [0, 0.1) is 0 Å². The predicted octanol–water partition coefficient (Wildman–Crippen LogP) is 2.33. The van der Waals surface area contributed by atoms with Gasteiger partial charge in [0.2, 0.25) is 5.95 Å². The van der Waals surface area contributed by atoms with E-state index in [-0.39, 0.29) is 24.1 Å². The number of benzene rings is 1. The van der Waals surface area contributed by atoms with E-state index in [1.807, 2.05) is 56.3 Å². The molecule has 2 rings (SSSR count). The van der Waals surface area contributed by atoms with Crippen molar-refractivity contribution in [2.24, 2.45) is 0 Å². The fourth-order valence-electron chi connectivity index (χ4n) is 1.55. The second kappa shape index (κ2) is 7.23. The van der Waals surface area contributed by atoms with Crippen molar-refractivity contribution in [1.29, 1.82) is 0 Å². The van der Waals surface area contributed by atoms with Crippen molar-refractivity contribution in [3.05, 3.63) is 42.0 Å². The molecule has 2 aromatic rings. The summed E-state index contributed by atoms with van der Waals surface area (Å²) in [6.07, 6.45) is 3.78. The van der Waals surface area contributed by atoms with Crippen LogP contribution >= 0.6 is 0 Å². The number of anilines is 1. The molecule has 0 fully saturated rings. The number of nitrogens with zero attached hydrogens (tertiary/aromatic N) is 3. The molecule has 0 spiro atoms. The topological polar surface area (TPSA) is 83.2 Å². The number of nitrogen functional groups attached to an aromatic ring is 1. The highest BCUT2D eigenvalue weighted by molar-refractivity contribution is 5.48. The first-order valence-corrected chi connectivity index (χ1v) is 6.66. The van der Waals surface area contributed by atoms with Crippen LogP contribution in [-0.2, 0) is 0 Å². The van der Waals surface area contributed by atoms with Crippen LogP contribution in [0.5, 0.6) is 12.0 Å². The summed E-state index contributed by atoms with van der Waals surface area (Å²) >= 11 is 0. The zero-order chi connectivity index (χ0) is 15.1. The van der Waals surface area contributed by atoms with Crippen LogP contribution in [0.2, 0.25) is 0 Å². The van der Waals surface area contributed by atoms with E-state index < -0.39 is 0 Å². The molecule has 0 aliphatic rings. The predicted molar refractivity (Wildman–Crippen MR) is 81.0 cm³/mol. The molecular formula is C15H18N4O2. The smallest absolute Gasteiger partial charge is 0.324 e. The molecule has 0 bridgehead atoms. The second-order valence-corrected chi connectivity index (χ2v) is 4.55. The number of hydrogen-bond donors (Lipinski definition) is 1. The van der Waals surface area contributed by atoms with Crippen LogP contribution in [0.25, 0.3) is 6.08 Å². The molecule has 0 radical (unpaired) electrons. The molecule has 0 amide bonds. The Labute approximate surface area is 123 Å². The van der Waals surface area contributed by atoms with Crippen molar-refractivity contribution < 1.29 is 9.47 Å². The lowest BCUT2D eigenvalue weighted by Crippen LogP contribution is -2.11. The summed E-state index contributed by atoms with van der Waals surface area (Å²) in [7, 11) is 0. The summed E-state index contributed by atoms with van der Waals surface area (Å²) < 4.78 is 10.8. The van der Waals surface area contributed by atoms with Gasteiger partial charge < -0.3 is 15.2 Å². The monoisotopic (exact) mass is 286 g/mol. The average Bonchev–Trinajstić information content (AvgIpc) is 2.43. The van der Waals surface area contributed by atoms with E-state index in [4.69, 9.17) is 15.2 Å². The quantitative estimate of drug-likeness (QED) is 0.877. The van der Waals surface area contributed by atoms with E-state index in [1.54, 1.807) is 0 Å². The van der Waals surface area contributed by atoms with Gasteiger partial charge in [0, 0.05) is 0 Å². The maximum Gasteiger partial charge on any atom is 0.324 e. The van der Waals surface area contributed by atoms with Crippen molar-refractivity contribution in [3.63, 3.8) is 0 Å². The lowest BCUT2D eigenvalue weighted by atomic mass is 10.2. The third-order valence-corrected chi connectivity index (χ3v) is 2.37. The standard InChI is InChI=1S/C15H18N4O2/c1-11(2)21-15-18-13(16)17-14(19-15)20-10-6-9-12-7-4-3-5-8-12/h3-9,11H,10H2,1-2H3,(H2,16,17,18,19)/b9-6+. The van der Waals surface area contributed by atoms with Gasteiger partial charge in [-0.15, -0.1) is 4.98 Å². The Morgan fingerprint density at radius 1 is 1.10 bits per heavy atom. The summed E-state index contributed by atoms with van der Waals surface area (Å²) in [5.74, 6) is 0.0719. The zero-order valence-corrected chi connectivity index (χ0v) is 12.1. The van der Waals surface area contributed by atoms with Gasteiger partial charge in [-0.25, -0.2) is 0 Å². The Bertz CT molecular complexity index is 600. The summed E-state index contributed by atoms with van der Waals surface area (Å²) in [5.41, 5.74) is 6.69. The molecule has 110 valence electrons. The molecular weight excluding hydrogens is 268 g/mol. The lowest BCUT2D eigenvalue weighted by molar-refractivity contribution is 0.216. The Hall–Kier alpha value is -2.63. The summed E-state index contributed by atoms with van der Waals surface area (Å²) in [6.45, 7) is 4.09. The summed E-state index contributed by atoms with van der Waals surface area (Å²) in [4.78, 5) is 11.8. The minimum absolute atomic E-state index is 0.0439. The Kier molecular flexibility index (Phi) is 5.09. The first-order valence-electron chi connectivity index (χ1n) is 6.66. The third-order valence-electron chi connectivity index (χ3n) is 2.37. The molecule has 21 heavy (non-hydrogen) atoms. The molecule has 1 heterocycles. The van der Waals surface area contributed by atoms with Gasteiger partial charge in [0.15, 0.2) is 0 Å². The average molecular weight is 286 g/mol. The van der Waals surface area contributed by atoms with Gasteiger partial charge >= 0.3 is 12.0 Å². The van der Waals surface area contributed by atoms with E-state index in [0.29, 0.717) is 6.61 Å². The van der Waals surface area contributed by atoms with Gasteiger partial charge in [-0.2, -0.15) is 9.97 Å². The van der Waals surface area contributed by atoms with Gasteiger partial charge in [-0.05, 0) is 25.5 Å². The molecule has 2 N–H and O–H groups in total. The van der Waals surface area contributed by atoms with Crippen LogP contribution in [0.15, 0.2) is 36.4 Å². The van der Waals surface area contributed by atoms with Gasteiger partial charge in [0.25, 0.3) is 0 Å². The van der Waals surface area contributed by atoms with Crippen LogP contribution in [0.1, 0.15) is 19.4 Å². The minimum Gasteiger partial charge on any atom is -0.461 e. The SMILES string of the molecule is CC(C)Oc1nc(N)nc(OC/C=C/c2ccccc2)n1. The third kappa shape index (κ3) is 5.10. The maximum absolute atomic E-state index is 5.59. The first kappa shape index (κ1) is 14.8. The molecule has 0 saturated carbocycles.